The summed E-state index contributed by atoms with van der Waals surface area (Å²) in [5.41, 5.74) is 4.31. The molecule has 2 aliphatic rings. The summed E-state index contributed by atoms with van der Waals surface area (Å²) in [6.45, 7) is 2.43. The molecule has 5 rings (SSSR count). The summed E-state index contributed by atoms with van der Waals surface area (Å²) in [5, 5.41) is 0. The first kappa shape index (κ1) is 18.7. The van der Waals surface area contributed by atoms with Crippen LogP contribution in [0.2, 0.25) is 0 Å². The zero-order valence-corrected chi connectivity index (χ0v) is 17.0. The van der Waals surface area contributed by atoms with E-state index in [4.69, 9.17) is 9.47 Å². The largest absolute Gasteiger partial charge is 0.496 e. The van der Waals surface area contributed by atoms with Crippen molar-refractivity contribution >= 4 is 11.6 Å². The minimum absolute atomic E-state index is 0.0705. The molecule has 0 unspecified atom stereocenters. The lowest BCUT2D eigenvalue weighted by Crippen LogP contribution is -2.42. The molecule has 2 aliphatic heterocycles. The Balaban J connectivity index is 1.41. The summed E-state index contributed by atoms with van der Waals surface area (Å²) in [6.07, 6.45) is 0.919. The van der Waals surface area contributed by atoms with E-state index < -0.39 is 0 Å². The number of ether oxygens (including phenoxy) is 2. The average Bonchev–Trinajstić information content (AvgIpc) is 2.95. The van der Waals surface area contributed by atoms with Gasteiger partial charge in [-0.25, -0.2) is 0 Å². The molecule has 0 fully saturated rings. The number of rotatable bonds is 3. The van der Waals surface area contributed by atoms with E-state index in [2.05, 4.69) is 11.0 Å². The third-order valence-corrected chi connectivity index (χ3v) is 5.87. The molecule has 0 radical (unpaired) electrons. The normalized spacial score (nSPS) is 15.3. The summed E-state index contributed by atoms with van der Waals surface area (Å²) in [5.74, 6) is 2.48. The van der Waals surface area contributed by atoms with Crippen LogP contribution < -0.4 is 14.4 Å². The summed E-state index contributed by atoms with van der Waals surface area (Å²) in [7, 11) is 1.70. The van der Waals surface area contributed by atoms with E-state index >= 15 is 0 Å². The summed E-state index contributed by atoms with van der Waals surface area (Å²) >= 11 is 0. The van der Waals surface area contributed by atoms with Gasteiger partial charge in [-0.05, 0) is 36.2 Å². The molecule has 0 saturated carbocycles. The third kappa shape index (κ3) is 3.42. The van der Waals surface area contributed by atoms with Crippen molar-refractivity contribution in [2.45, 2.75) is 19.5 Å². The van der Waals surface area contributed by atoms with Gasteiger partial charge in [0.05, 0.1) is 25.9 Å². The SMILES string of the molecule is COc1cccc2c1CN(CC(=O)N1Cc3ccccc3Oc3ccccc31)CC2. The molecule has 0 aliphatic carbocycles. The van der Waals surface area contributed by atoms with Crippen molar-refractivity contribution < 1.29 is 14.3 Å². The zero-order valence-electron chi connectivity index (χ0n) is 17.0. The van der Waals surface area contributed by atoms with Gasteiger partial charge in [0.15, 0.2) is 5.75 Å². The Labute approximate surface area is 176 Å². The Morgan fingerprint density at radius 1 is 0.933 bits per heavy atom. The maximum absolute atomic E-state index is 13.5. The fourth-order valence-electron chi connectivity index (χ4n) is 4.31. The van der Waals surface area contributed by atoms with Gasteiger partial charge < -0.3 is 14.4 Å². The average molecular weight is 400 g/mol. The van der Waals surface area contributed by atoms with Crippen molar-refractivity contribution in [1.29, 1.82) is 0 Å². The van der Waals surface area contributed by atoms with E-state index in [1.54, 1.807) is 7.11 Å². The number of hydrogen-bond donors (Lipinski definition) is 0. The Morgan fingerprint density at radius 3 is 2.57 bits per heavy atom. The first-order valence-electron chi connectivity index (χ1n) is 10.2. The molecule has 0 spiro atoms. The molecule has 5 nitrogen and oxygen atoms in total. The number of carbonyl (C=O) groups is 1. The Kier molecular flexibility index (Phi) is 4.89. The maximum Gasteiger partial charge on any atom is 0.241 e. The van der Waals surface area contributed by atoms with Gasteiger partial charge >= 0.3 is 0 Å². The predicted octanol–water partition coefficient (Wildman–Crippen LogP) is 4.39. The van der Waals surface area contributed by atoms with Crippen molar-refractivity contribution in [2.24, 2.45) is 0 Å². The minimum atomic E-state index is 0.0705. The van der Waals surface area contributed by atoms with Crippen LogP contribution in [0.1, 0.15) is 16.7 Å². The van der Waals surface area contributed by atoms with Gasteiger partial charge in [0.25, 0.3) is 0 Å². The number of fused-ring (bicyclic) bond motifs is 3. The van der Waals surface area contributed by atoms with Crippen LogP contribution in [0.15, 0.2) is 66.7 Å². The van der Waals surface area contributed by atoms with Gasteiger partial charge in [-0.3, -0.25) is 9.69 Å². The van der Waals surface area contributed by atoms with Crippen LogP contribution in [0.5, 0.6) is 17.2 Å². The lowest BCUT2D eigenvalue weighted by Gasteiger charge is -2.31. The smallest absolute Gasteiger partial charge is 0.241 e. The van der Waals surface area contributed by atoms with E-state index in [1.165, 1.54) is 11.1 Å². The molecule has 0 saturated heterocycles. The number of amides is 1. The van der Waals surface area contributed by atoms with E-state index in [9.17, 15) is 4.79 Å². The van der Waals surface area contributed by atoms with E-state index in [0.717, 1.165) is 35.7 Å². The molecule has 152 valence electrons. The highest BCUT2D eigenvalue weighted by Crippen LogP contribution is 2.39. The van der Waals surface area contributed by atoms with E-state index in [0.29, 0.717) is 25.4 Å². The highest BCUT2D eigenvalue weighted by atomic mass is 16.5. The maximum atomic E-state index is 13.5. The predicted molar refractivity (Wildman–Crippen MR) is 116 cm³/mol. The molecule has 0 aromatic heterocycles. The molecule has 1 amide bonds. The van der Waals surface area contributed by atoms with Crippen LogP contribution in [-0.2, 0) is 24.3 Å². The van der Waals surface area contributed by atoms with Crippen LogP contribution in [0.4, 0.5) is 5.69 Å². The van der Waals surface area contributed by atoms with Crippen LogP contribution >= 0.6 is 0 Å². The van der Waals surface area contributed by atoms with Crippen molar-refractivity contribution in [3.05, 3.63) is 83.4 Å². The number of hydrogen-bond acceptors (Lipinski definition) is 4. The van der Waals surface area contributed by atoms with Gasteiger partial charge in [-0.1, -0.05) is 42.5 Å². The molecule has 0 bridgehead atoms. The first-order chi connectivity index (χ1) is 14.7. The van der Waals surface area contributed by atoms with Crippen LogP contribution in [0.25, 0.3) is 0 Å². The molecule has 5 heteroatoms. The van der Waals surface area contributed by atoms with E-state index in [-0.39, 0.29) is 5.91 Å². The van der Waals surface area contributed by atoms with Crippen molar-refractivity contribution in [3.63, 3.8) is 0 Å². The van der Waals surface area contributed by atoms with Crippen molar-refractivity contribution in [2.75, 3.05) is 25.1 Å². The summed E-state index contributed by atoms with van der Waals surface area (Å²) < 4.78 is 11.7. The highest BCUT2D eigenvalue weighted by molar-refractivity contribution is 5.96. The second-order valence-electron chi connectivity index (χ2n) is 7.72. The Bertz CT molecular complexity index is 1080. The standard InChI is InChI=1S/C25H24N2O3/c1-29-23-12-6-8-18-13-14-26(16-20(18)23)17-25(28)27-15-19-7-2-4-10-22(19)30-24-11-5-3-9-21(24)27/h2-12H,13-17H2,1H3. The molecule has 30 heavy (non-hydrogen) atoms. The number of para-hydroxylation sites is 3. The number of methoxy groups -OCH3 is 1. The molecular weight excluding hydrogens is 376 g/mol. The first-order valence-corrected chi connectivity index (χ1v) is 10.2. The van der Waals surface area contributed by atoms with Crippen LogP contribution in [0, 0.1) is 0 Å². The second-order valence-corrected chi connectivity index (χ2v) is 7.72. The molecule has 0 atom stereocenters. The molecule has 2 heterocycles. The minimum Gasteiger partial charge on any atom is -0.496 e. The van der Waals surface area contributed by atoms with Gasteiger partial charge in [-0.2, -0.15) is 0 Å². The zero-order chi connectivity index (χ0) is 20.5. The number of carbonyl (C=O) groups excluding carboxylic acids is 1. The summed E-state index contributed by atoms with van der Waals surface area (Å²) in [4.78, 5) is 17.5. The molecule has 3 aromatic rings. The van der Waals surface area contributed by atoms with Gasteiger partial charge in [-0.15, -0.1) is 0 Å². The molecule has 0 N–H and O–H groups in total. The summed E-state index contributed by atoms with van der Waals surface area (Å²) in [6, 6.07) is 21.8. The quantitative estimate of drug-likeness (QED) is 0.654. The monoisotopic (exact) mass is 400 g/mol. The lowest BCUT2D eigenvalue weighted by atomic mass is 9.99. The van der Waals surface area contributed by atoms with Crippen LogP contribution in [0.3, 0.4) is 0 Å². The highest BCUT2D eigenvalue weighted by Gasteiger charge is 2.28. The van der Waals surface area contributed by atoms with Crippen LogP contribution in [-0.4, -0.2) is 31.0 Å². The Morgan fingerprint density at radius 2 is 1.70 bits per heavy atom. The van der Waals surface area contributed by atoms with Crippen molar-refractivity contribution in [3.8, 4) is 17.2 Å². The number of nitrogens with zero attached hydrogens (tertiary/aromatic N) is 2. The number of anilines is 1. The topological polar surface area (TPSA) is 42.0 Å². The third-order valence-electron chi connectivity index (χ3n) is 5.87. The molecule has 3 aromatic carbocycles. The molecular formula is C25H24N2O3. The van der Waals surface area contributed by atoms with E-state index in [1.807, 2.05) is 65.6 Å². The fraction of sp³-hybridized carbons (Fsp3) is 0.240. The number of benzene rings is 3. The van der Waals surface area contributed by atoms with Crippen molar-refractivity contribution in [1.82, 2.24) is 4.90 Å². The van der Waals surface area contributed by atoms with Gasteiger partial charge in [0, 0.05) is 24.2 Å². The lowest BCUT2D eigenvalue weighted by molar-refractivity contribution is -0.120. The van der Waals surface area contributed by atoms with Gasteiger partial charge in [0.2, 0.25) is 5.91 Å². The second kappa shape index (κ2) is 7.84. The van der Waals surface area contributed by atoms with Gasteiger partial charge in [0.1, 0.15) is 11.5 Å². The Hall–Kier alpha value is -3.31. The fourth-order valence-corrected chi connectivity index (χ4v) is 4.31.